The summed E-state index contributed by atoms with van der Waals surface area (Å²) in [4.78, 5) is 18.2. The third-order valence-corrected chi connectivity index (χ3v) is 10.5. The molecule has 0 fully saturated rings. The summed E-state index contributed by atoms with van der Waals surface area (Å²) in [5.74, 6) is 1.72. The molecule has 0 aliphatic heterocycles. The molecule has 7 aromatic carbocycles. The van der Waals surface area contributed by atoms with Gasteiger partial charge in [-0.15, -0.1) is 0 Å². The van der Waals surface area contributed by atoms with Crippen LogP contribution >= 0.6 is 0 Å². The Bertz CT molecular complexity index is 2820. The minimum absolute atomic E-state index is 0.168. The van der Waals surface area contributed by atoms with Crippen LogP contribution in [0.3, 0.4) is 0 Å². The van der Waals surface area contributed by atoms with Crippen LogP contribution in [0.4, 0.5) is 17.3 Å². The molecule has 1 aliphatic carbocycles. The Morgan fingerprint density at radius 1 is 0.491 bits per heavy atom. The third-order valence-electron chi connectivity index (χ3n) is 10.5. The fourth-order valence-electron chi connectivity index (χ4n) is 8.01. The van der Waals surface area contributed by atoms with Crippen molar-refractivity contribution in [1.29, 1.82) is 0 Å². The van der Waals surface area contributed by atoms with Crippen LogP contribution in [0.25, 0.3) is 67.0 Å². The maximum Gasteiger partial charge on any atom is 0.238 e. The predicted octanol–water partition coefficient (Wildman–Crippen LogP) is 12.5. The van der Waals surface area contributed by atoms with E-state index < -0.39 is 0 Å². The highest BCUT2D eigenvalue weighted by atomic mass is 16.3. The fourth-order valence-corrected chi connectivity index (χ4v) is 8.01. The van der Waals surface area contributed by atoms with Gasteiger partial charge in [0, 0.05) is 27.6 Å². The van der Waals surface area contributed by atoms with E-state index in [2.05, 4.69) is 140 Å². The average Bonchev–Trinajstić information content (AvgIpc) is 3.71. The number of nitrogens with zero attached hydrogens (tertiary/aromatic N) is 4. The Morgan fingerprint density at radius 3 is 1.98 bits per heavy atom. The summed E-state index contributed by atoms with van der Waals surface area (Å²) in [6, 6.07) is 58.8. The van der Waals surface area contributed by atoms with Crippen LogP contribution in [0.2, 0.25) is 0 Å². The van der Waals surface area contributed by atoms with Gasteiger partial charge in [-0.25, -0.2) is 4.98 Å². The first-order valence-corrected chi connectivity index (χ1v) is 18.0. The van der Waals surface area contributed by atoms with Crippen molar-refractivity contribution >= 4 is 39.3 Å². The van der Waals surface area contributed by atoms with Crippen LogP contribution in [0.5, 0.6) is 0 Å². The van der Waals surface area contributed by atoms with Crippen LogP contribution in [-0.4, -0.2) is 15.0 Å². The maximum atomic E-state index is 6.38. The number of anilines is 3. The molecule has 0 saturated heterocycles. The number of rotatable bonds is 6. The van der Waals surface area contributed by atoms with Crippen molar-refractivity contribution in [3.05, 3.63) is 181 Å². The van der Waals surface area contributed by atoms with Gasteiger partial charge in [0.2, 0.25) is 5.95 Å². The van der Waals surface area contributed by atoms with Crippen molar-refractivity contribution in [1.82, 2.24) is 15.0 Å². The fraction of sp³-hybridized carbons (Fsp3) is 0.0625. The molecule has 0 N–H and O–H groups in total. The van der Waals surface area contributed by atoms with E-state index in [1.165, 1.54) is 22.3 Å². The molecule has 0 atom stereocenters. The maximum absolute atomic E-state index is 6.38. The Balaban J connectivity index is 1.27. The summed E-state index contributed by atoms with van der Waals surface area (Å²) in [6.45, 7) is 4.60. The van der Waals surface area contributed by atoms with E-state index in [1.54, 1.807) is 0 Å². The Morgan fingerprint density at radius 2 is 1.11 bits per heavy atom. The van der Waals surface area contributed by atoms with Crippen molar-refractivity contribution in [2.24, 2.45) is 0 Å². The number of para-hydroxylation sites is 2. The van der Waals surface area contributed by atoms with Gasteiger partial charge in [-0.05, 0) is 69.8 Å². The molecule has 5 heteroatoms. The van der Waals surface area contributed by atoms with Crippen LogP contribution in [0.15, 0.2) is 174 Å². The average molecular weight is 683 g/mol. The highest BCUT2D eigenvalue weighted by molar-refractivity contribution is 6.13. The van der Waals surface area contributed by atoms with E-state index in [4.69, 9.17) is 19.4 Å². The van der Waals surface area contributed by atoms with Gasteiger partial charge in [0.25, 0.3) is 0 Å². The quantitative estimate of drug-likeness (QED) is 0.175. The zero-order chi connectivity index (χ0) is 35.5. The van der Waals surface area contributed by atoms with Crippen molar-refractivity contribution in [3.8, 4) is 45.0 Å². The molecule has 5 nitrogen and oxygen atoms in total. The SMILES string of the molecule is CC1(C)c2ccccc2-c2c(-c3nc(-c4cccc(-c5ccccc5)c4)nc(N(c4ccccc4)c4cccc5oc6ccccc6c45)n3)cccc21. The smallest absolute Gasteiger partial charge is 0.238 e. The lowest BCUT2D eigenvalue weighted by Gasteiger charge is -2.25. The minimum Gasteiger partial charge on any atom is -0.456 e. The van der Waals surface area contributed by atoms with Gasteiger partial charge in [-0.3, -0.25) is 4.90 Å². The molecule has 2 heterocycles. The van der Waals surface area contributed by atoms with Gasteiger partial charge in [0.15, 0.2) is 11.6 Å². The lowest BCUT2D eigenvalue weighted by molar-refractivity contribution is 0.660. The first-order valence-electron chi connectivity index (χ1n) is 18.0. The molecule has 0 bridgehead atoms. The normalized spacial score (nSPS) is 12.9. The third kappa shape index (κ3) is 5.04. The molecule has 10 rings (SSSR count). The summed E-state index contributed by atoms with van der Waals surface area (Å²) in [7, 11) is 0. The van der Waals surface area contributed by atoms with Crippen molar-refractivity contribution < 1.29 is 4.42 Å². The van der Waals surface area contributed by atoms with Crippen LogP contribution in [-0.2, 0) is 5.41 Å². The largest absolute Gasteiger partial charge is 0.456 e. The first kappa shape index (κ1) is 30.9. The first-order chi connectivity index (χ1) is 26.0. The molecule has 0 unspecified atom stereocenters. The molecule has 0 radical (unpaired) electrons. The van der Waals surface area contributed by atoms with E-state index in [9.17, 15) is 0 Å². The zero-order valence-electron chi connectivity index (χ0n) is 29.4. The number of hydrogen-bond acceptors (Lipinski definition) is 5. The van der Waals surface area contributed by atoms with E-state index in [1.807, 2.05) is 48.5 Å². The highest BCUT2D eigenvalue weighted by Crippen LogP contribution is 2.52. The lowest BCUT2D eigenvalue weighted by Crippen LogP contribution is -2.16. The number of aromatic nitrogens is 3. The Kier molecular flexibility index (Phi) is 7.08. The van der Waals surface area contributed by atoms with Gasteiger partial charge in [-0.2, -0.15) is 9.97 Å². The van der Waals surface area contributed by atoms with Gasteiger partial charge >= 0.3 is 0 Å². The number of furan rings is 1. The lowest BCUT2D eigenvalue weighted by atomic mass is 9.82. The molecule has 9 aromatic rings. The second-order valence-electron chi connectivity index (χ2n) is 14.0. The number of hydrogen-bond donors (Lipinski definition) is 0. The predicted molar refractivity (Wildman–Crippen MR) is 216 cm³/mol. The summed E-state index contributed by atoms with van der Waals surface area (Å²) in [6.07, 6.45) is 0. The Hall–Kier alpha value is -6.85. The highest BCUT2D eigenvalue weighted by Gasteiger charge is 2.37. The van der Waals surface area contributed by atoms with Crippen LogP contribution in [0.1, 0.15) is 25.0 Å². The van der Waals surface area contributed by atoms with E-state index in [0.29, 0.717) is 17.6 Å². The zero-order valence-corrected chi connectivity index (χ0v) is 29.4. The Labute approximate surface area is 307 Å². The van der Waals surface area contributed by atoms with Gasteiger partial charge in [-0.1, -0.05) is 147 Å². The molecular formula is C48H34N4O. The van der Waals surface area contributed by atoms with Gasteiger partial charge in [0.05, 0.1) is 11.1 Å². The molecule has 0 saturated carbocycles. The monoisotopic (exact) mass is 682 g/mol. The molecule has 53 heavy (non-hydrogen) atoms. The standard InChI is InChI=1S/C48H34N4O/c1-48(2)38-25-11-9-22-35(38)43-37(24-14-26-39(43)48)46-49-45(33-19-13-18-32(30-33)31-16-5-3-6-17-31)50-47(51-46)52(34-20-7-4-8-21-34)40-27-15-29-42-44(40)36-23-10-12-28-41(36)53-42/h3-30H,1-2H3. The summed E-state index contributed by atoms with van der Waals surface area (Å²) in [5, 5.41) is 2.03. The van der Waals surface area contributed by atoms with E-state index >= 15 is 0 Å². The van der Waals surface area contributed by atoms with Crippen molar-refractivity contribution in [2.75, 3.05) is 4.90 Å². The number of fused-ring (bicyclic) bond motifs is 6. The molecule has 252 valence electrons. The summed E-state index contributed by atoms with van der Waals surface area (Å²) >= 11 is 0. The second kappa shape index (κ2) is 12.1. The van der Waals surface area contributed by atoms with Crippen LogP contribution in [0, 0.1) is 0 Å². The minimum atomic E-state index is -0.168. The summed E-state index contributed by atoms with van der Waals surface area (Å²) < 4.78 is 6.38. The van der Waals surface area contributed by atoms with Gasteiger partial charge in [0.1, 0.15) is 11.2 Å². The van der Waals surface area contributed by atoms with Crippen LogP contribution < -0.4 is 4.90 Å². The second-order valence-corrected chi connectivity index (χ2v) is 14.0. The van der Waals surface area contributed by atoms with E-state index in [-0.39, 0.29) is 5.41 Å². The van der Waals surface area contributed by atoms with Crippen molar-refractivity contribution in [2.45, 2.75) is 19.3 Å². The summed E-state index contributed by atoms with van der Waals surface area (Å²) in [5.41, 5.74) is 12.4. The molecular weight excluding hydrogens is 649 g/mol. The molecule has 1 aliphatic rings. The molecule has 0 spiro atoms. The van der Waals surface area contributed by atoms with E-state index in [0.717, 1.165) is 55.6 Å². The molecule has 0 amide bonds. The number of benzene rings is 7. The van der Waals surface area contributed by atoms with Gasteiger partial charge < -0.3 is 4.42 Å². The van der Waals surface area contributed by atoms with Crippen molar-refractivity contribution in [3.63, 3.8) is 0 Å². The molecule has 2 aromatic heterocycles. The topological polar surface area (TPSA) is 55.1 Å².